The lowest BCUT2D eigenvalue weighted by Gasteiger charge is -1.96. The Bertz CT molecular complexity index is 483. The number of hydrogen-bond acceptors (Lipinski definition) is 3. The Morgan fingerprint density at radius 2 is 1.94 bits per heavy atom. The minimum absolute atomic E-state index is 0.353. The Morgan fingerprint density at radius 1 is 1.25 bits per heavy atom. The first kappa shape index (κ1) is 10.6. The van der Waals surface area contributed by atoms with Gasteiger partial charge in [0.1, 0.15) is 12.5 Å². The molecule has 1 heterocycles. The monoisotopic (exact) mass is 215 g/mol. The Hall–Kier alpha value is -1.90. The molecule has 0 atom stereocenters. The van der Waals surface area contributed by atoms with Crippen LogP contribution in [0, 0.1) is 0 Å². The van der Waals surface area contributed by atoms with Gasteiger partial charge in [-0.2, -0.15) is 0 Å². The zero-order valence-corrected chi connectivity index (χ0v) is 9.31. The van der Waals surface area contributed by atoms with Crippen LogP contribution in [0.2, 0.25) is 0 Å². The van der Waals surface area contributed by atoms with E-state index in [4.69, 9.17) is 4.42 Å². The molecular weight excluding hydrogens is 202 g/mol. The summed E-state index contributed by atoms with van der Waals surface area (Å²) in [6, 6.07) is 7.17. The fraction of sp³-hybridized carbons (Fsp3) is 0.231. The van der Waals surface area contributed by atoms with Crippen LogP contribution in [0.3, 0.4) is 0 Å². The summed E-state index contributed by atoms with van der Waals surface area (Å²) in [6.45, 7) is 4.13. The molecule has 0 spiro atoms. The first-order valence-electron chi connectivity index (χ1n) is 5.21. The van der Waals surface area contributed by atoms with Gasteiger partial charge in [0, 0.05) is 11.1 Å². The maximum absolute atomic E-state index is 10.5. The number of carbonyl (C=O) groups is 1. The summed E-state index contributed by atoms with van der Waals surface area (Å²) >= 11 is 0. The third kappa shape index (κ3) is 2.03. The predicted molar refractivity (Wildman–Crippen MR) is 61.4 cm³/mol. The number of aromatic nitrogens is 1. The highest BCUT2D eigenvalue weighted by Crippen LogP contribution is 2.22. The molecular formula is C13H13NO2. The minimum Gasteiger partial charge on any atom is -0.444 e. The van der Waals surface area contributed by atoms with Crippen molar-refractivity contribution in [2.75, 3.05) is 0 Å². The van der Waals surface area contributed by atoms with Gasteiger partial charge in [-0.15, -0.1) is 0 Å². The third-order valence-electron chi connectivity index (χ3n) is 2.41. The smallest absolute Gasteiger partial charge is 0.226 e. The summed E-state index contributed by atoms with van der Waals surface area (Å²) < 4.78 is 5.39. The summed E-state index contributed by atoms with van der Waals surface area (Å²) in [5.74, 6) is 0.952. The lowest BCUT2D eigenvalue weighted by atomic mass is 10.1. The van der Waals surface area contributed by atoms with Gasteiger partial charge in [-0.3, -0.25) is 4.79 Å². The highest BCUT2D eigenvalue weighted by atomic mass is 16.3. The van der Waals surface area contributed by atoms with Crippen LogP contribution < -0.4 is 0 Å². The molecule has 0 saturated carbocycles. The van der Waals surface area contributed by atoms with Crippen LogP contribution in [0.4, 0.5) is 0 Å². The molecule has 0 aliphatic carbocycles. The molecule has 1 aromatic carbocycles. The number of benzene rings is 1. The van der Waals surface area contributed by atoms with Crippen molar-refractivity contribution in [3.8, 4) is 11.5 Å². The Kier molecular flexibility index (Phi) is 2.86. The first-order chi connectivity index (χ1) is 7.70. The van der Waals surface area contributed by atoms with Gasteiger partial charge in [0.2, 0.25) is 5.89 Å². The van der Waals surface area contributed by atoms with Crippen molar-refractivity contribution >= 4 is 6.29 Å². The molecule has 0 aliphatic heterocycles. The van der Waals surface area contributed by atoms with Crippen molar-refractivity contribution in [3.05, 3.63) is 41.8 Å². The molecule has 0 bridgehead atoms. The largest absolute Gasteiger partial charge is 0.444 e. The molecule has 16 heavy (non-hydrogen) atoms. The van der Waals surface area contributed by atoms with Crippen LogP contribution in [-0.2, 0) is 0 Å². The first-order valence-corrected chi connectivity index (χ1v) is 5.21. The van der Waals surface area contributed by atoms with E-state index in [0.29, 0.717) is 17.4 Å². The quantitative estimate of drug-likeness (QED) is 0.738. The molecule has 3 nitrogen and oxygen atoms in total. The van der Waals surface area contributed by atoms with Gasteiger partial charge in [0.15, 0.2) is 0 Å². The van der Waals surface area contributed by atoms with Gasteiger partial charge in [0.05, 0.1) is 5.69 Å². The van der Waals surface area contributed by atoms with E-state index in [2.05, 4.69) is 18.8 Å². The van der Waals surface area contributed by atoms with Gasteiger partial charge in [0.25, 0.3) is 0 Å². The lowest BCUT2D eigenvalue weighted by Crippen LogP contribution is -1.87. The van der Waals surface area contributed by atoms with E-state index in [9.17, 15) is 4.79 Å². The maximum Gasteiger partial charge on any atom is 0.226 e. The van der Waals surface area contributed by atoms with Gasteiger partial charge in [-0.25, -0.2) is 4.98 Å². The predicted octanol–water partition coefficient (Wildman–Crippen LogP) is 3.28. The van der Waals surface area contributed by atoms with Crippen molar-refractivity contribution < 1.29 is 9.21 Å². The molecule has 0 unspecified atom stereocenters. The van der Waals surface area contributed by atoms with Gasteiger partial charge < -0.3 is 4.42 Å². The second-order valence-electron chi connectivity index (χ2n) is 3.97. The van der Waals surface area contributed by atoms with Gasteiger partial charge in [-0.1, -0.05) is 26.0 Å². The van der Waals surface area contributed by atoms with Crippen molar-refractivity contribution in [1.29, 1.82) is 0 Å². The number of oxazole rings is 1. The standard InChI is InChI=1S/C13H13NO2/c1-9(2)12-8-16-13(14-12)11-5-3-10(7-15)4-6-11/h3-9H,1-2H3. The average molecular weight is 215 g/mol. The topological polar surface area (TPSA) is 43.1 Å². The number of hydrogen-bond donors (Lipinski definition) is 0. The molecule has 0 radical (unpaired) electrons. The number of carbonyl (C=O) groups excluding carboxylic acids is 1. The van der Waals surface area contributed by atoms with Crippen LogP contribution in [-0.4, -0.2) is 11.3 Å². The van der Waals surface area contributed by atoms with Crippen LogP contribution in [0.15, 0.2) is 34.9 Å². The maximum atomic E-state index is 10.5. The van der Waals surface area contributed by atoms with E-state index >= 15 is 0 Å². The van der Waals surface area contributed by atoms with Crippen molar-refractivity contribution in [2.24, 2.45) is 0 Å². The molecule has 0 fully saturated rings. The molecule has 3 heteroatoms. The highest BCUT2D eigenvalue weighted by Gasteiger charge is 2.08. The SMILES string of the molecule is CC(C)c1coc(-c2ccc(C=O)cc2)n1. The van der Waals surface area contributed by atoms with Gasteiger partial charge in [-0.05, 0) is 18.1 Å². The molecule has 82 valence electrons. The third-order valence-corrected chi connectivity index (χ3v) is 2.41. The number of aldehydes is 1. The summed E-state index contributed by atoms with van der Waals surface area (Å²) in [7, 11) is 0. The fourth-order valence-corrected chi connectivity index (χ4v) is 1.39. The summed E-state index contributed by atoms with van der Waals surface area (Å²) in [5, 5.41) is 0. The Morgan fingerprint density at radius 3 is 2.44 bits per heavy atom. The van der Waals surface area contributed by atoms with Crippen molar-refractivity contribution in [1.82, 2.24) is 4.98 Å². The molecule has 1 aromatic heterocycles. The molecule has 0 amide bonds. The molecule has 2 aromatic rings. The fourth-order valence-electron chi connectivity index (χ4n) is 1.39. The second kappa shape index (κ2) is 4.31. The lowest BCUT2D eigenvalue weighted by molar-refractivity contribution is 0.112. The Balaban J connectivity index is 2.31. The number of nitrogens with zero attached hydrogens (tertiary/aromatic N) is 1. The zero-order chi connectivity index (χ0) is 11.5. The second-order valence-corrected chi connectivity index (χ2v) is 3.97. The van der Waals surface area contributed by atoms with Crippen LogP contribution in [0.5, 0.6) is 0 Å². The average Bonchev–Trinajstić information content (AvgIpc) is 2.78. The van der Waals surface area contributed by atoms with E-state index in [0.717, 1.165) is 17.5 Å². The minimum atomic E-state index is 0.353. The van der Waals surface area contributed by atoms with E-state index in [1.165, 1.54) is 0 Å². The van der Waals surface area contributed by atoms with E-state index in [1.807, 2.05) is 12.1 Å². The number of rotatable bonds is 3. The van der Waals surface area contributed by atoms with E-state index in [1.54, 1.807) is 18.4 Å². The van der Waals surface area contributed by atoms with Gasteiger partial charge >= 0.3 is 0 Å². The van der Waals surface area contributed by atoms with Crippen LogP contribution in [0.25, 0.3) is 11.5 Å². The molecule has 0 saturated heterocycles. The van der Waals surface area contributed by atoms with Crippen LogP contribution in [0.1, 0.15) is 35.8 Å². The molecule has 2 rings (SSSR count). The normalized spacial score (nSPS) is 10.7. The highest BCUT2D eigenvalue weighted by molar-refractivity contribution is 5.75. The van der Waals surface area contributed by atoms with E-state index < -0.39 is 0 Å². The summed E-state index contributed by atoms with van der Waals surface area (Å²) in [6.07, 6.45) is 2.49. The van der Waals surface area contributed by atoms with Crippen molar-refractivity contribution in [3.63, 3.8) is 0 Å². The zero-order valence-electron chi connectivity index (χ0n) is 9.31. The molecule has 0 aliphatic rings. The van der Waals surface area contributed by atoms with E-state index in [-0.39, 0.29) is 0 Å². The molecule has 0 N–H and O–H groups in total. The summed E-state index contributed by atoms with van der Waals surface area (Å²) in [5.41, 5.74) is 2.48. The van der Waals surface area contributed by atoms with Crippen molar-refractivity contribution in [2.45, 2.75) is 19.8 Å². The van der Waals surface area contributed by atoms with Crippen LogP contribution >= 0.6 is 0 Å². The summed E-state index contributed by atoms with van der Waals surface area (Å²) in [4.78, 5) is 14.9. The Labute approximate surface area is 94.1 Å².